The highest BCUT2D eigenvalue weighted by molar-refractivity contribution is 5.70. The molecule has 4 heterocycles. The van der Waals surface area contributed by atoms with Crippen LogP contribution in [0.3, 0.4) is 0 Å². The highest BCUT2D eigenvalue weighted by Gasteiger charge is 2.42. The summed E-state index contributed by atoms with van der Waals surface area (Å²) in [7, 11) is 1.78. The van der Waals surface area contributed by atoms with Gasteiger partial charge in [-0.15, -0.1) is 18.3 Å². The van der Waals surface area contributed by atoms with Crippen molar-refractivity contribution in [2.24, 2.45) is 11.3 Å². The zero-order valence-electron chi connectivity index (χ0n) is 24.2. The van der Waals surface area contributed by atoms with E-state index in [1.54, 1.807) is 29.3 Å². The van der Waals surface area contributed by atoms with E-state index in [9.17, 15) is 8.78 Å². The van der Waals surface area contributed by atoms with Crippen molar-refractivity contribution in [1.82, 2.24) is 40.5 Å². The van der Waals surface area contributed by atoms with Crippen LogP contribution in [-0.2, 0) is 11.8 Å². The SMILES string of the molecule is C.C.C=C.C[C@H]1CC[C@](C)(c2ccnc(-n3cnc(CC(C)(C)C4=CN4)n3)n2)C2=C1C=C(c1c(F)cccc1F)N(C)N2. The van der Waals surface area contributed by atoms with Crippen LogP contribution in [0.25, 0.3) is 11.6 Å². The predicted molar refractivity (Wildman–Crippen MR) is 168 cm³/mol. The molecule has 43 heavy (non-hydrogen) atoms. The minimum absolute atomic E-state index is 0. The fourth-order valence-corrected chi connectivity index (χ4v) is 5.62. The third-order valence-corrected chi connectivity index (χ3v) is 8.17. The molecule has 3 aromatic rings. The lowest BCUT2D eigenvalue weighted by Gasteiger charge is -2.45. The first-order valence-electron chi connectivity index (χ1n) is 13.7. The van der Waals surface area contributed by atoms with Gasteiger partial charge in [-0.1, -0.05) is 41.7 Å². The van der Waals surface area contributed by atoms with Crippen molar-refractivity contribution in [1.29, 1.82) is 0 Å². The highest BCUT2D eigenvalue weighted by atomic mass is 19.1. The lowest BCUT2D eigenvalue weighted by molar-refractivity contribution is 0.289. The number of rotatable bonds is 6. The van der Waals surface area contributed by atoms with E-state index in [4.69, 9.17) is 4.98 Å². The molecular formula is C33H44F2N8. The van der Waals surface area contributed by atoms with Gasteiger partial charge in [0.2, 0.25) is 0 Å². The standard InChI is InChI=1S/C29H32F2N8.C2H4.2CH4/c1-17-9-11-29(4,26-18(17)13-21(38(5)37-26)25-19(30)7-6-8-20(25)31)22-10-12-32-27(35-22)39-16-34-24(36-39)14-28(2,3)23-15-33-23;1-2;;/h6-8,10,12-13,15-17,33,37H,9,11,14H2,1-5H3;1-2H2;2*1H4/t17-,29+;;;/m0.../s1. The zero-order valence-corrected chi connectivity index (χ0v) is 24.2. The first-order valence-corrected chi connectivity index (χ1v) is 13.7. The second-order valence-corrected chi connectivity index (χ2v) is 11.5. The first kappa shape index (κ1) is 33.2. The van der Waals surface area contributed by atoms with Crippen LogP contribution in [0, 0.1) is 23.0 Å². The van der Waals surface area contributed by atoms with Gasteiger partial charge in [0.25, 0.3) is 5.95 Å². The number of benzene rings is 1. The van der Waals surface area contributed by atoms with Gasteiger partial charge in [-0.3, -0.25) is 5.01 Å². The number of halogens is 2. The maximum atomic E-state index is 14.7. The van der Waals surface area contributed by atoms with Crippen molar-refractivity contribution in [2.75, 3.05) is 7.05 Å². The van der Waals surface area contributed by atoms with Crippen LogP contribution in [0.15, 0.2) is 79.2 Å². The summed E-state index contributed by atoms with van der Waals surface area (Å²) in [5.74, 6) is 0.193. The van der Waals surface area contributed by atoms with E-state index in [0.717, 1.165) is 35.6 Å². The van der Waals surface area contributed by atoms with Gasteiger partial charge in [0, 0.05) is 42.7 Å². The topological polar surface area (TPSA) is 93.7 Å². The number of allylic oxidation sites excluding steroid dienone is 4. The van der Waals surface area contributed by atoms with Crippen LogP contribution in [0.1, 0.15) is 72.5 Å². The Morgan fingerprint density at radius 3 is 2.44 bits per heavy atom. The monoisotopic (exact) mass is 590 g/mol. The summed E-state index contributed by atoms with van der Waals surface area (Å²) in [6, 6.07) is 5.87. The van der Waals surface area contributed by atoms with E-state index >= 15 is 0 Å². The Morgan fingerprint density at radius 1 is 1.12 bits per heavy atom. The van der Waals surface area contributed by atoms with E-state index in [1.807, 2.05) is 18.3 Å². The van der Waals surface area contributed by atoms with Crippen LogP contribution in [0.5, 0.6) is 0 Å². The largest absolute Gasteiger partial charge is 0.362 e. The minimum atomic E-state index is -0.591. The van der Waals surface area contributed by atoms with Crippen LogP contribution in [0.4, 0.5) is 8.78 Å². The molecule has 8 nitrogen and oxygen atoms in total. The molecule has 1 aliphatic carbocycles. The molecule has 0 unspecified atom stereocenters. The van der Waals surface area contributed by atoms with Crippen molar-refractivity contribution >= 4 is 5.70 Å². The Kier molecular flexibility index (Phi) is 9.63. The summed E-state index contributed by atoms with van der Waals surface area (Å²) in [6.45, 7) is 14.6. The minimum Gasteiger partial charge on any atom is -0.362 e. The normalized spacial score (nSPS) is 20.5. The summed E-state index contributed by atoms with van der Waals surface area (Å²) >= 11 is 0. The molecule has 2 atom stereocenters. The number of aromatic nitrogens is 5. The van der Waals surface area contributed by atoms with Gasteiger partial charge in [-0.2, -0.15) is 4.68 Å². The Bertz CT molecular complexity index is 1550. The highest BCUT2D eigenvalue weighted by Crippen LogP contribution is 2.46. The van der Waals surface area contributed by atoms with Gasteiger partial charge < -0.3 is 10.7 Å². The number of nitrogens with zero attached hydrogens (tertiary/aromatic N) is 6. The van der Waals surface area contributed by atoms with E-state index < -0.39 is 17.0 Å². The van der Waals surface area contributed by atoms with Crippen LogP contribution in [0.2, 0.25) is 0 Å². The molecule has 230 valence electrons. The van der Waals surface area contributed by atoms with Crippen LogP contribution < -0.4 is 10.7 Å². The second kappa shape index (κ2) is 12.5. The molecule has 6 rings (SSSR count). The van der Waals surface area contributed by atoms with E-state index in [0.29, 0.717) is 18.1 Å². The molecule has 3 aliphatic rings. The fraction of sp³-hybridized carbons (Fsp3) is 0.394. The molecule has 0 radical (unpaired) electrons. The molecule has 0 saturated carbocycles. The maximum absolute atomic E-state index is 14.7. The average molecular weight is 591 g/mol. The number of hydrogen-bond donors (Lipinski definition) is 2. The third kappa shape index (κ3) is 6.09. The molecule has 0 amide bonds. The Balaban J connectivity index is 0.00000124. The first-order chi connectivity index (χ1) is 19.6. The third-order valence-electron chi connectivity index (χ3n) is 8.17. The van der Waals surface area contributed by atoms with Crippen LogP contribution >= 0.6 is 0 Å². The molecule has 2 N–H and O–H groups in total. The van der Waals surface area contributed by atoms with E-state index in [-0.39, 0.29) is 31.7 Å². The van der Waals surface area contributed by atoms with Crippen molar-refractivity contribution in [3.8, 4) is 5.95 Å². The number of hydrogen-bond acceptors (Lipinski definition) is 7. The van der Waals surface area contributed by atoms with Gasteiger partial charge >= 0.3 is 0 Å². The van der Waals surface area contributed by atoms with Gasteiger partial charge in [0.15, 0.2) is 5.82 Å². The molecule has 2 aromatic heterocycles. The molecule has 0 spiro atoms. The van der Waals surface area contributed by atoms with Crippen molar-refractivity contribution in [3.63, 3.8) is 0 Å². The fourth-order valence-electron chi connectivity index (χ4n) is 5.62. The van der Waals surface area contributed by atoms with E-state index in [2.05, 4.69) is 66.7 Å². The molecule has 0 fully saturated rings. The van der Waals surface area contributed by atoms with Gasteiger partial charge in [0.05, 0.1) is 22.4 Å². The predicted octanol–water partition coefficient (Wildman–Crippen LogP) is 6.86. The zero-order chi connectivity index (χ0) is 29.5. The quantitative estimate of drug-likeness (QED) is 0.303. The summed E-state index contributed by atoms with van der Waals surface area (Å²) < 4.78 is 31.0. The molecule has 2 aliphatic heterocycles. The molecule has 10 heteroatoms. The molecule has 1 aromatic carbocycles. The van der Waals surface area contributed by atoms with Crippen LogP contribution in [-0.4, -0.2) is 36.8 Å². The van der Waals surface area contributed by atoms with Gasteiger partial charge in [-0.05, 0) is 55.5 Å². The molecular weight excluding hydrogens is 546 g/mol. The lowest BCUT2D eigenvalue weighted by atomic mass is 9.68. The van der Waals surface area contributed by atoms with E-state index in [1.165, 1.54) is 23.9 Å². The Morgan fingerprint density at radius 2 is 1.79 bits per heavy atom. The summed E-state index contributed by atoms with van der Waals surface area (Å²) in [5.41, 5.74) is 7.35. The van der Waals surface area contributed by atoms with Crippen molar-refractivity contribution in [2.45, 2.75) is 67.2 Å². The Hall–Kier alpha value is -4.34. The maximum Gasteiger partial charge on any atom is 0.252 e. The summed E-state index contributed by atoms with van der Waals surface area (Å²) in [4.78, 5) is 13.9. The molecule has 0 saturated heterocycles. The van der Waals surface area contributed by atoms with Crippen molar-refractivity contribution in [3.05, 3.63) is 108 Å². The molecule has 0 bridgehead atoms. The lowest BCUT2D eigenvalue weighted by Crippen LogP contribution is -2.47. The Labute approximate surface area is 254 Å². The smallest absolute Gasteiger partial charge is 0.252 e. The summed E-state index contributed by atoms with van der Waals surface area (Å²) in [5, 5.41) is 9.53. The number of hydrazine groups is 1. The van der Waals surface area contributed by atoms with Gasteiger partial charge in [0.1, 0.15) is 18.0 Å². The average Bonchev–Trinajstić information content (AvgIpc) is 3.73. The second-order valence-electron chi connectivity index (χ2n) is 11.5. The summed E-state index contributed by atoms with van der Waals surface area (Å²) in [6.07, 6.45) is 9.75. The number of nitrogens with one attached hydrogen (secondary N) is 2. The van der Waals surface area contributed by atoms with Gasteiger partial charge in [-0.25, -0.2) is 23.7 Å². The van der Waals surface area contributed by atoms with Crippen molar-refractivity contribution < 1.29 is 8.78 Å².